The fraction of sp³-hybridized carbons (Fsp3) is 0.188. The van der Waals surface area contributed by atoms with Gasteiger partial charge in [0.2, 0.25) is 0 Å². The van der Waals surface area contributed by atoms with E-state index in [4.69, 9.17) is 17.3 Å². The smallest absolute Gasteiger partial charge is 0.261 e. The summed E-state index contributed by atoms with van der Waals surface area (Å²) in [5.41, 5.74) is 9.31. The van der Waals surface area contributed by atoms with Crippen LogP contribution in [0, 0.1) is 12.7 Å². The maximum Gasteiger partial charge on any atom is 0.261 e. The monoisotopic (exact) mass is 304 g/mol. The van der Waals surface area contributed by atoms with Crippen LogP contribution in [0.4, 0.5) is 15.8 Å². The Kier molecular flexibility index (Phi) is 3.33. The summed E-state index contributed by atoms with van der Waals surface area (Å²) < 4.78 is 14.0. The first kappa shape index (κ1) is 13.9. The van der Waals surface area contributed by atoms with Gasteiger partial charge < -0.3 is 10.6 Å². The Morgan fingerprint density at radius 1 is 1.38 bits per heavy atom. The molecule has 0 aromatic heterocycles. The van der Waals surface area contributed by atoms with Gasteiger partial charge in [0.25, 0.3) is 5.91 Å². The van der Waals surface area contributed by atoms with E-state index in [0.717, 1.165) is 23.2 Å². The van der Waals surface area contributed by atoms with Crippen LogP contribution >= 0.6 is 11.6 Å². The molecule has 0 saturated heterocycles. The molecular weight excluding hydrogens is 291 g/mol. The van der Waals surface area contributed by atoms with Crippen molar-refractivity contribution in [1.29, 1.82) is 0 Å². The summed E-state index contributed by atoms with van der Waals surface area (Å²) in [6.45, 7) is 2.44. The zero-order valence-corrected chi connectivity index (χ0v) is 12.2. The minimum absolute atomic E-state index is 0.0190. The van der Waals surface area contributed by atoms with Gasteiger partial charge in [-0.1, -0.05) is 23.7 Å². The van der Waals surface area contributed by atoms with E-state index in [0.29, 0.717) is 12.2 Å². The lowest BCUT2D eigenvalue weighted by Gasteiger charge is -2.18. The molecule has 0 bridgehead atoms. The molecule has 1 aliphatic heterocycles. The molecule has 0 atom stereocenters. The topological polar surface area (TPSA) is 46.3 Å². The number of nitrogen functional groups attached to an aromatic ring is 1. The number of carbonyl (C=O) groups is 1. The number of nitrogens with two attached hydrogens (primary N) is 1. The van der Waals surface area contributed by atoms with Crippen molar-refractivity contribution in [2.75, 3.05) is 17.2 Å². The van der Waals surface area contributed by atoms with Crippen LogP contribution in [0.1, 0.15) is 21.5 Å². The van der Waals surface area contributed by atoms with Gasteiger partial charge in [-0.05, 0) is 42.7 Å². The first-order chi connectivity index (χ1) is 9.99. The Morgan fingerprint density at radius 3 is 2.90 bits per heavy atom. The van der Waals surface area contributed by atoms with Gasteiger partial charge in [-0.2, -0.15) is 0 Å². The van der Waals surface area contributed by atoms with Crippen molar-refractivity contribution in [3.8, 4) is 0 Å². The fourth-order valence-corrected chi connectivity index (χ4v) is 2.78. The van der Waals surface area contributed by atoms with Crippen molar-refractivity contribution >= 4 is 28.9 Å². The minimum atomic E-state index is -0.683. The summed E-state index contributed by atoms with van der Waals surface area (Å²) in [5.74, 6) is -1.07. The molecule has 21 heavy (non-hydrogen) atoms. The largest absolute Gasteiger partial charge is 0.398 e. The Balaban J connectivity index is 2.03. The summed E-state index contributed by atoms with van der Waals surface area (Å²) in [6, 6.07) is 8.19. The molecule has 0 radical (unpaired) electrons. The fourth-order valence-electron chi connectivity index (χ4n) is 2.60. The van der Waals surface area contributed by atoms with Crippen LogP contribution in [-0.4, -0.2) is 12.5 Å². The molecule has 0 aliphatic carbocycles. The molecule has 0 spiro atoms. The Hall–Kier alpha value is -2.07. The zero-order chi connectivity index (χ0) is 15.1. The lowest BCUT2D eigenvalue weighted by atomic mass is 10.1. The second-order valence-corrected chi connectivity index (χ2v) is 5.55. The number of hydrogen-bond donors (Lipinski definition) is 1. The van der Waals surface area contributed by atoms with Gasteiger partial charge in [0.1, 0.15) is 0 Å². The molecular formula is C16H14ClFN2O. The molecule has 1 heterocycles. The van der Waals surface area contributed by atoms with Crippen LogP contribution in [0.25, 0.3) is 0 Å². The normalized spacial score (nSPS) is 13.4. The third-order valence-corrected chi connectivity index (χ3v) is 4.08. The van der Waals surface area contributed by atoms with Crippen LogP contribution < -0.4 is 10.6 Å². The van der Waals surface area contributed by atoms with E-state index in [1.54, 1.807) is 17.0 Å². The predicted molar refractivity (Wildman–Crippen MR) is 82.4 cm³/mol. The van der Waals surface area contributed by atoms with E-state index in [-0.39, 0.29) is 10.6 Å². The Morgan fingerprint density at radius 2 is 2.14 bits per heavy atom. The average Bonchev–Trinajstić information content (AvgIpc) is 2.84. The van der Waals surface area contributed by atoms with Gasteiger partial charge >= 0.3 is 0 Å². The summed E-state index contributed by atoms with van der Waals surface area (Å²) in [4.78, 5) is 14.1. The molecule has 0 fully saturated rings. The van der Waals surface area contributed by atoms with Crippen molar-refractivity contribution in [3.05, 3.63) is 57.9 Å². The van der Waals surface area contributed by atoms with E-state index >= 15 is 0 Å². The minimum Gasteiger partial charge on any atom is -0.398 e. The van der Waals surface area contributed by atoms with Crippen molar-refractivity contribution in [2.24, 2.45) is 0 Å². The molecule has 2 aromatic carbocycles. The number of carbonyl (C=O) groups excluding carboxylic acids is 1. The summed E-state index contributed by atoms with van der Waals surface area (Å²) in [7, 11) is 0. The maximum atomic E-state index is 14.0. The van der Waals surface area contributed by atoms with Gasteiger partial charge in [-0.15, -0.1) is 0 Å². The molecule has 2 N–H and O–H groups in total. The molecule has 5 heteroatoms. The molecule has 3 nitrogen and oxygen atoms in total. The molecule has 1 aliphatic rings. The second kappa shape index (κ2) is 5.04. The van der Waals surface area contributed by atoms with E-state index < -0.39 is 11.7 Å². The number of halogens is 2. The number of benzene rings is 2. The lowest BCUT2D eigenvalue weighted by Crippen LogP contribution is -2.29. The van der Waals surface area contributed by atoms with Gasteiger partial charge in [-0.3, -0.25) is 4.79 Å². The van der Waals surface area contributed by atoms with Gasteiger partial charge in [0.05, 0.1) is 10.6 Å². The average molecular weight is 305 g/mol. The van der Waals surface area contributed by atoms with E-state index in [1.165, 1.54) is 12.1 Å². The van der Waals surface area contributed by atoms with E-state index in [1.807, 2.05) is 13.0 Å². The Bertz CT molecular complexity index is 745. The highest BCUT2D eigenvalue weighted by molar-refractivity contribution is 6.31. The number of nitrogens with zero attached hydrogens (tertiary/aromatic N) is 1. The van der Waals surface area contributed by atoms with Crippen molar-refractivity contribution < 1.29 is 9.18 Å². The SMILES string of the molecule is Cc1cc2c(cc1N)N(C(=O)c1cccc(Cl)c1F)CC2. The number of anilines is 2. The third kappa shape index (κ3) is 2.25. The predicted octanol–water partition coefficient (Wildman–Crippen LogP) is 3.57. The van der Waals surface area contributed by atoms with Crippen LogP contribution in [0.15, 0.2) is 30.3 Å². The van der Waals surface area contributed by atoms with Crippen molar-refractivity contribution in [3.63, 3.8) is 0 Å². The van der Waals surface area contributed by atoms with Crippen LogP contribution in [0.2, 0.25) is 5.02 Å². The van der Waals surface area contributed by atoms with Crippen LogP contribution in [0.3, 0.4) is 0 Å². The number of amides is 1. The van der Waals surface area contributed by atoms with Crippen molar-refractivity contribution in [1.82, 2.24) is 0 Å². The number of fused-ring (bicyclic) bond motifs is 1. The summed E-state index contributed by atoms with van der Waals surface area (Å²) in [5, 5.41) is -0.0521. The summed E-state index contributed by atoms with van der Waals surface area (Å²) >= 11 is 5.75. The first-order valence-corrected chi connectivity index (χ1v) is 7.01. The van der Waals surface area contributed by atoms with E-state index in [9.17, 15) is 9.18 Å². The molecule has 3 rings (SSSR count). The zero-order valence-electron chi connectivity index (χ0n) is 11.5. The second-order valence-electron chi connectivity index (χ2n) is 5.15. The first-order valence-electron chi connectivity index (χ1n) is 6.64. The molecule has 0 unspecified atom stereocenters. The van der Waals surface area contributed by atoms with Gasteiger partial charge in [0.15, 0.2) is 5.82 Å². The number of aryl methyl sites for hydroxylation is 1. The third-order valence-electron chi connectivity index (χ3n) is 3.79. The van der Waals surface area contributed by atoms with Gasteiger partial charge in [-0.25, -0.2) is 4.39 Å². The standard InChI is InChI=1S/C16H14ClFN2O/c1-9-7-10-5-6-20(14(10)8-13(9)19)16(21)11-3-2-4-12(17)15(11)18/h2-4,7-8H,5-6,19H2,1H3. The lowest BCUT2D eigenvalue weighted by molar-refractivity contribution is 0.0985. The molecule has 0 saturated carbocycles. The summed E-state index contributed by atoms with van der Waals surface area (Å²) in [6.07, 6.45) is 0.740. The quantitative estimate of drug-likeness (QED) is 0.819. The number of hydrogen-bond acceptors (Lipinski definition) is 2. The maximum absolute atomic E-state index is 14.0. The molecule has 1 amide bonds. The molecule has 108 valence electrons. The highest BCUT2D eigenvalue weighted by atomic mass is 35.5. The molecule has 2 aromatic rings. The van der Waals surface area contributed by atoms with Crippen LogP contribution in [0.5, 0.6) is 0 Å². The Labute approximate surface area is 127 Å². The van der Waals surface area contributed by atoms with Gasteiger partial charge in [0, 0.05) is 17.9 Å². The van der Waals surface area contributed by atoms with Crippen LogP contribution in [-0.2, 0) is 6.42 Å². The van der Waals surface area contributed by atoms with Crippen molar-refractivity contribution in [2.45, 2.75) is 13.3 Å². The van der Waals surface area contributed by atoms with E-state index in [2.05, 4.69) is 0 Å². The number of rotatable bonds is 1. The highest BCUT2D eigenvalue weighted by Gasteiger charge is 2.28. The highest BCUT2D eigenvalue weighted by Crippen LogP contribution is 2.33.